The van der Waals surface area contributed by atoms with Gasteiger partial charge in [-0.15, -0.1) is 0 Å². The lowest BCUT2D eigenvalue weighted by Crippen LogP contribution is -2.55. The number of carbonyl (C=O) groups excluding carboxylic acids is 4. The number of ether oxygens (including phenoxy) is 2. The summed E-state index contributed by atoms with van der Waals surface area (Å²) < 4.78 is 12.3. The molecule has 240 valence electrons. The van der Waals surface area contributed by atoms with Crippen molar-refractivity contribution in [2.75, 3.05) is 26.8 Å². The van der Waals surface area contributed by atoms with E-state index in [1.165, 1.54) is 26.2 Å². The highest BCUT2D eigenvalue weighted by molar-refractivity contribution is 14.1. The zero-order valence-corrected chi connectivity index (χ0v) is 27.4. The fourth-order valence-corrected chi connectivity index (χ4v) is 6.21. The Morgan fingerprint density at radius 1 is 1.18 bits per heavy atom. The van der Waals surface area contributed by atoms with Gasteiger partial charge in [-0.25, -0.2) is 0 Å². The molecule has 0 radical (unpaired) electrons. The number of aromatic nitrogens is 1. The number of nitrogens with zero attached hydrogens (tertiary/aromatic N) is 1. The molecule has 2 amide bonds. The number of amides is 2. The Bertz CT molecular complexity index is 1540. The summed E-state index contributed by atoms with van der Waals surface area (Å²) in [4.78, 5) is 54.9. The van der Waals surface area contributed by atoms with E-state index in [1.54, 1.807) is 11.0 Å². The number of fused-ring (bicyclic) bond motifs is 1. The minimum Gasteiger partial charge on any atom is -0.493 e. The molecule has 3 atom stereocenters. The molecule has 0 saturated carbocycles. The Morgan fingerprint density at radius 3 is 2.64 bits per heavy atom. The number of aldehydes is 1. The Labute approximate surface area is 275 Å². The molecule has 11 nitrogen and oxygen atoms in total. The van der Waals surface area contributed by atoms with Crippen LogP contribution in [0, 0.1) is 3.57 Å². The maximum Gasteiger partial charge on any atom is 0.247 e. The van der Waals surface area contributed by atoms with Crippen LogP contribution in [-0.4, -0.2) is 89.0 Å². The first-order chi connectivity index (χ1) is 21.6. The lowest BCUT2D eigenvalue weighted by Gasteiger charge is -2.40. The molecule has 12 heteroatoms. The number of rotatable bonds is 15. The number of methoxy groups -OCH3 is 1. The van der Waals surface area contributed by atoms with Gasteiger partial charge >= 0.3 is 0 Å². The number of halogens is 1. The number of hydrogen-bond donors (Lipinski definition) is 4. The van der Waals surface area contributed by atoms with Crippen LogP contribution in [0.3, 0.4) is 0 Å². The summed E-state index contributed by atoms with van der Waals surface area (Å²) in [5, 5.41) is 24.7. The van der Waals surface area contributed by atoms with Crippen molar-refractivity contribution in [2.24, 2.45) is 0 Å². The third kappa shape index (κ3) is 8.70. The summed E-state index contributed by atoms with van der Waals surface area (Å²) in [5.74, 6) is -0.179. The lowest BCUT2D eigenvalue weighted by molar-refractivity contribution is -0.138. The number of nitrogens with one attached hydrogen (secondary N) is 2. The molecule has 2 aromatic carbocycles. The van der Waals surface area contributed by atoms with Crippen molar-refractivity contribution in [1.29, 1.82) is 0 Å². The SMILES string of the molecule is COc1cc(C=O)cc(I)c1O[C@H]1C=C(C(=O)NCCO)C[C@@H](N(CCc2cc3ccccc3[nH]2)C(=O)CCCC(C)=O)[C@@H]1O. The highest BCUT2D eigenvalue weighted by atomic mass is 127. The van der Waals surface area contributed by atoms with E-state index in [4.69, 9.17) is 9.47 Å². The Balaban J connectivity index is 1.68. The number of aromatic amines is 1. The van der Waals surface area contributed by atoms with Gasteiger partial charge in [0.25, 0.3) is 0 Å². The van der Waals surface area contributed by atoms with Gasteiger partial charge in [-0.2, -0.15) is 0 Å². The molecular weight excluding hydrogens is 693 g/mol. The number of para-hydroxylation sites is 1. The molecule has 0 bridgehead atoms. The third-order valence-corrected chi connectivity index (χ3v) is 8.51. The second-order valence-electron chi connectivity index (χ2n) is 10.9. The van der Waals surface area contributed by atoms with E-state index in [-0.39, 0.29) is 67.7 Å². The van der Waals surface area contributed by atoms with Gasteiger partial charge in [-0.1, -0.05) is 18.2 Å². The first-order valence-electron chi connectivity index (χ1n) is 14.8. The number of hydrogen-bond acceptors (Lipinski definition) is 8. The normalized spacial score (nSPS) is 17.8. The number of benzene rings is 2. The van der Waals surface area contributed by atoms with Gasteiger partial charge < -0.3 is 39.7 Å². The van der Waals surface area contributed by atoms with Crippen molar-refractivity contribution >= 4 is 57.4 Å². The van der Waals surface area contributed by atoms with Gasteiger partial charge in [0.15, 0.2) is 11.5 Å². The monoisotopic (exact) mass is 731 g/mol. The highest BCUT2D eigenvalue weighted by Crippen LogP contribution is 2.37. The molecular formula is C33H38IN3O8. The van der Waals surface area contributed by atoms with E-state index < -0.39 is 24.2 Å². The van der Waals surface area contributed by atoms with Gasteiger partial charge in [0.05, 0.1) is 23.3 Å². The Kier molecular flexibility index (Phi) is 12.1. The molecule has 1 aliphatic carbocycles. The molecule has 0 unspecified atom stereocenters. The molecule has 1 aromatic heterocycles. The second-order valence-corrected chi connectivity index (χ2v) is 12.1. The van der Waals surface area contributed by atoms with E-state index in [1.807, 2.05) is 52.9 Å². The van der Waals surface area contributed by atoms with Gasteiger partial charge in [0, 0.05) is 61.1 Å². The number of Topliss-reactive ketones (excluding diaryl/α,β-unsaturated/α-hetero) is 1. The summed E-state index contributed by atoms with van der Waals surface area (Å²) in [6, 6.07) is 12.1. The smallest absolute Gasteiger partial charge is 0.247 e. The lowest BCUT2D eigenvalue weighted by atomic mass is 9.87. The van der Waals surface area contributed by atoms with Gasteiger partial charge in [-0.05, 0) is 71.7 Å². The van der Waals surface area contributed by atoms with Crippen LogP contribution in [0.25, 0.3) is 10.9 Å². The molecule has 4 rings (SSSR count). The quantitative estimate of drug-likeness (QED) is 0.137. The fraction of sp³-hybridized carbons (Fsp3) is 0.394. The molecule has 0 aliphatic heterocycles. The number of aliphatic hydroxyl groups is 2. The highest BCUT2D eigenvalue weighted by Gasteiger charge is 2.40. The Hall–Kier alpha value is -3.75. The predicted octanol–water partition coefficient (Wildman–Crippen LogP) is 3.34. The summed E-state index contributed by atoms with van der Waals surface area (Å²) >= 11 is 2.00. The third-order valence-electron chi connectivity index (χ3n) is 7.70. The second kappa shape index (κ2) is 16.0. The summed E-state index contributed by atoms with van der Waals surface area (Å²) in [6.45, 7) is 1.49. The van der Waals surface area contributed by atoms with Crippen molar-refractivity contribution in [1.82, 2.24) is 15.2 Å². The Morgan fingerprint density at radius 2 is 1.96 bits per heavy atom. The van der Waals surface area contributed by atoms with Crippen molar-refractivity contribution < 1.29 is 38.9 Å². The maximum absolute atomic E-state index is 13.7. The molecule has 45 heavy (non-hydrogen) atoms. The zero-order valence-electron chi connectivity index (χ0n) is 25.3. The summed E-state index contributed by atoms with van der Waals surface area (Å²) in [5.41, 5.74) is 2.54. The zero-order chi connectivity index (χ0) is 32.5. The molecule has 0 fully saturated rings. The van der Waals surface area contributed by atoms with E-state index in [0.29, 0.717) is 28.3 Å². The summed E-state index contributed by atoms with van der Waals surface area (Å²) in [7, 11) is 1.43. The van der Waals surface area contributed by atoms with Crippen molar-refractivity contribution in [3.8, 4) is 11.5 Å². The average molecular weight is 732 g/mol. The van der Waals surface area contributed by atoms with Crippen molar-refractivity contribution in [3.63, 3.8) is 0 Å². The fourth-order valence-electron chi connectivity index (χ4n) is 5.45. The first-order valence-corrected chi connectivity index (χ1v) is 15.9. The van der Waals surface area contributed by atoms with Crippen molar-refractivity contribution in [3.05, 3.63) is 68.9 Å². The first kappa shape index (κ1) is 34.1. The van der Waals surface area contributed by atoms with E-state index in [2.05, 4.69) is 10.3 Å². The van der Waals surface area contributed by atoms with E-state index >= 15 is 0 Å². The molecule has 0 saturated heterocycles. The van der Waals surface area contributed by atoms with Crippen LogP contribution in [0.4, 0.5) is 0 Å². The number of ketones is 1. The van der Waals surface area contributed by atoms with Crippen LogP contribution in [0.15, 0.2) is 54.1 Å². The van der Waals surface area contributed by atoms with Crippen LogP contribution >= 0.6 is 22.6 Å². The molecule has 4 N–H and O–H groups in total. The molecule has 1 aliphatic rings. The molecule has 3 aromatic rings. The minimum absolute atomic E-state index is 0.0199. The number of H-pyrrole nitrogens is 1. The van der Waals surface area contributed by atoms with Crippen molar-refractivity contribution in [2.45, 2.75) is 57.3 Å². The van der Waals surface area contributed by atoms with Crippen LogP contribution in [-0.2, 0) is 20.8 Å². The predicted molar refractivity (Wildman–Crippen MR) is 176 cm³/mol. The van der Waals surface area contributed by atoms with Crippen LogP contribution in [0.1, 0.15) is 48.7 Å². The minimum atomic E-state index is -1.25. The van der Waals surface area contributed by atoms with Crippen LogP contribution in [0.5, 0.6) is 11.5 Å². The number of carbonyl (C=O) groups is 4. The van der Waals surface area contributed by atoms with Gasteiger partial charge in [0.2, 0.25) is 11.8 Å². The van der Waals surface area contributed by atoms with E-state index in [9.17, 15) is 29.4 Å². The maximum atomic E-state index is 13.7. The van der Waals surface area contributed by atoms with Gasteiger partial charge in [-0.3, -0.25) is 14.4 Å². The topological polar surface area (TPSA) is 158 Å². The van der Waals surface area contributed by atoms with E-state index in [0.717, 1.165) is 16.6 Å². The van der Waals surface area contributed by atoms with Crippen LogP contribution in [0.2, 0.25) is 0 Å². The standard InChI is InChI=1S/C33H38IN3O8/c1-20(40)6-5-9-30(41)37(12-10-24-16-22-7-3-4-8-26(22)36-24)27-17-23(33(43)35-11-13-38)18-28(31(27)42)45-32-25(34)14-21(19-39)15-29(32)44-2/h3-4,7-8,14-16,18-19,27-28,31,36,38,42H,5-6,9-13,17H2,1-2H3,(H,35,43)/t27-,28+,31+/m1/s1. The average Bonchev–Trinajstić information content (AvgIpc) is 3.44. The largest absolute Gasteiger partial charge is 0.493 e. The van der Waals surface area contributed by atoms with Gasteiger partial charge in [0.1, 0.15) is 24.3 Å². The molecule has 1 heterocycles. The van der Waals surface area contributed by atoms with Crippen LogP contribution < -0.4 is 14.8 Å². The number of aliphatic hydroxyl groups excluding tert-OH is 2. The summed E-state index contributed by atoms with van der Waals surface area (Å²) in [6.07, 6.45) is 1.10. The molecule has 0 spiro atoms.